The van der Waals surface area contributed by atoms with E-state index in [-0.39, 0.29) is 23.0 Å². The van der Waals surface area contributed by atoms with Gasteiger partial charge < -0.3 is 19.9 Å². The number of aromatic nitrogens is 1. The zero-order valence-electron chi connectivity index (χ0n) is 15.4. The molecular formula is C20H21FN2O5. The monoisotopic (exact) mass is 388 g/mol. The molecule has 28 heavy (non-hydrogen) atoms. The molecule has 2 aromatic rings. The van der Waals surface area contributed by atoms with Gasteiger partial charge in [0, 0.05) is 12.3 Å². The molecule has 1 unspecified atom stereocenters. The maximum absolute atomic E-state index is 13.9. The van der Waals surface area contributed by atoms with Gasteiger partial charge in [-0.25, -0.2) is 14.2 Å². The Morgan fingerprint density at radius 3 is 2.57 bits per heavy atom. The Balaban J connectivity index is 1.70. The van der Waals surface area contributed by atoms with Crippen LogP contribution in [0.5, 0.6) is 11.6 Å². The lowest BCUT2D eigenvalue weighted by atomic mass is 10.1. The van der Waals surface area contributed by atoms with E-state index in [1.807, 2.05) is 0 Å². The van der Waals surface area contributed by atoms with Crippen LogP contribution in [0.25, 0.3) is 0 Å². The second-order valence-electron chi connectivity index (χ2n) is 6.55. The lowest BCUT2D eigenvalue weighted by Crippen LogP contribution is -2.33. The Morgan fingerprint density at radius 1 is 1.25 bits per heavy atom. The summed E-state index contributed by atoms with van der Waals surface area (Å²) in [4.78, 5) is 28.1. The van der Waals surface area contributed by atoms with Crippen molar-refractivity contribution in [2.45, 2.75) is 37.8 Å². The maximum atomic E-state index is 13.9. The number of amides is 1. The quantitative estimate of drug-likeness (QED) is 0.756. The van der Waals surface area contributed by atoms with Crippen LogP contribution in [0.2, 0.25) is 0 Å². The van der Waals surface area contributed by atoms with Gasteiger partial charge in [0.25, 0.3) is 5.91 Å². The van der Waals surface area contributed by atoms with Gasteiger partial charge in [0.1, 0.15) is 6.10 Å². The number of carbonyl (C=O) groups excluding carboxylic acids is 1. The average Bonchev–Trinajstić information content (AvgIpc) is 3.19. The van der Waals surface area contributed by atoms with Crippen LogP contribution in [0.3, 0.4) is 0 Å². The van der Waals surface area contributed by atoms with Crippen molar-refractivity contribution in [3.8, 4) is 11.6 Å². The molecule has 0 spiro atoms. The molecule has 1 aromatic heterocycles. The molecule has 1 aliphatic carbocycles. The van der Waals surface area contributed by atoms with E-state index in [1.165, 1.54) is 31.5 Å². The summed E-state index contributed by atoms with van der Waals surface area (Å²) < 4.78 is 24.5. The van der Waals surface area contributed by atoms with Gasteiger partial charge in [0.2, 0.25) is 5.88 Å². The number of halogens is 1. The molecule has 0 bridgehead atoms. The van der Waals surface area contributed by atoms with Gasteiger partial charge in [-0.3, -0.25) is 4.79 Å². The summed E-state index contributed by atoms with van der Waals surface area (Å²) in [5.74, 6) is -2.25. The third kappa shape index (κ3) is 4.57. The molecule has 7 nitrogen and oxygen atoms in total. The van der Waals surface area contributed by atoms with E-state index in [2.05, 4.69) is 10.3 Å². The zero-order chi connectivity index (χ0) is 20.1. The predicted molar refractivity (Wildman–Crippen MR) is 97.9 cm³/mol. The van der Waals surface area contributed by atoms with E-state index in [4.69, 9.17) is 9.47 Å². The Morgan fingerprint density at radius 2 is 2.00 bits per heavy atom. The predicted octanol–water partition coefficient (Wildman–Crippen LogP) is 3.11. The van der Waals surface area contributed by atoms with E-state index < -0.39 is 23.7 Å². The number of aliphatic carboxylic acids is 1. The lowest BCUT2D eigenvalue weighted by molar-refractivity contribution is -0.139. The highest BCUT2D eigenvalue weighted by molar-refractivity contribution is 5.96. The molecule has 1 aliphatic rings. The van der Waals surface area contributed by atoms with Gasteiger partial charge >= 0.3 is 5.97 Å². The second kappa shape index (κ2) is 8.69. The molecule has 1 aromatic carbocycles. The van der Waals surface area contributed by atoms with E-state index >= 15 is 0 Å². The summed E-state index contributed by atoms with van der Waals surface area (Å²) in [6.45, 7) is 0. The number of benzene rings is 1. The summed E-state index contributed by atoms with van der Waals surface area (Å²) in [6, 6.07) is 5.40. The van der Waals surface area contributed by atoms with Crippen molar-refractivity contribution in [2.24, 2.45) is 0 Å². The first kappa shape index (κ1) is 19.6. The van der Waals surface area contributed by atoms with Gasteiger partial charge in [0.05, 0.1) is 12.7 Å². The smallest absolute Gasteiger partial charge is 0.330 e. The first-order valence-electron chi connectivity index (χ1n) is 8.97. The molecule has 3 rings (SSSR count). The van der Waals surface area contributed by atoms with Crippen LogP contribution >= 0.6 is 0 Å². The molecule has 0 radical (unpaired) electrons. The zero-order valence-corrected chi connectivity index (χ0v) is 15.4. The highest BCUT2D eigenvalue weighted by atomic mass is 19.1. The summed E-state index contributed by atoms with van der Waals surface area (Å²) in [5.41, 5.74) is 0.271. The molecule has 1 saturated carbocycles. The minimum atomic E-state index is -1.41. The highest BCUT2D eigenvalue weighted by Crippen LogP contribution is 2.24. The van der Waals surface area contributed by atoms with E-state index in [9.17, 15) is 19.1 Å². The van der Waals surface area contributed by atoms with Gasteiger partial charge in [-0.15, -0.1) is 0 Å². The second-order valence-corrected chi connectivity index (χ2v) is 6.55. The molecule has 1 amide bonds. The molecule has 0 saturated heterocycles. The van der Waals surface area contributed by atoms with Gasteiger partial charge in [0.15, 0.2) is 17.6 Å². The first-order valence-corrected chi connectivity index (χ1v) is 8.97. The number of carboxylic acid groups (broad SMARTS) is 1. The number of rotatable bonds is 7. The van der Waals surface area contributed by atoms with Crippen LogP contribution in [-0.4, -0.2) is 35.2 Å². The largest absolute Gasteiger partial charge is 0.494 e. The van der Waals surface area contributed by atoms with Crippen molar-refractivity contribution < 1.29 is 28.6 Å². The topological polar surface area (TPSA) is 97.8 Å². The fourth-order valence-electron chi connectivity index (χ4n) is 3.13. The highest BCUT2D eigenvalue weighted by Gasteiger charge is 2.24. The number of carbonyl (C=O) groups is 2. The minimum Gasteiger partial charge on any atom is -0.494 e. The first-order chi connectivity index (χ1) is 13.5. The van der Waals surface area contributed by atoms with Crippen molar-refractivity contribution in [2.75, 3.05) is 7.11 Å². The number of hydrogen-bond acceptors (Lipinski definition) is 5. The van der Waals surface area contributed by atoms with Gasteiger partial charge in [-0.2, -0.15) is 0 Å². The molecule has 8 heteroatoms. The van der Waals surface area contributed by atoms with Crippen LogP contribution in [0, 0.1) is 5.82 Å². The number of carboxylic acids is 1. The summed E-state index contributed by atoms with van der Waals surface area (Å²) in [7, 11) is 1.31. The molecule has 1 fully saturated rings. The third-order valence-corrected chi connectivity index (χ3v) is 4.62. The van der Waals surface area contributed by atoms with Crippen molar-refractivity contribution in [3.63, 3.8) is 0 Å². The average molecular weight is 388 g/mol. The summed E-state index contributed by atoms with van der Waals surface area (Å²) in [6.07, 6.45) is 5.72. The maximum Gasteiger partial charge on any atom is 0.330 e. The molecule has 0 aliphatic heterocycles. The standard InChI is InChI=1S/C20H21FN2O5/c1-27-16-8-6-12(10-15(16)21)18(20(25)26)23-19(24)13-7-9-17(22-11-13)28-14-4-2-3-5-14/h6-11,14,18H,2-5H2,1H3,(H,23,24)(H,25,26). The van der Waals surface area contributed by atoms with Gasteiger partial charge in [-0.1, -0.05) is 6.07 Å². The van der Waals surface area contributed by atoms with E-state index in [0.29, 0.717) is 5.88 Å². The van der Waals surface area contributed by atoms with Crippen molar-refractivity contribution >= 4 is 11.9 Å². The van der Waals surface area contributed by atoms with Gasteiger partial charge in [-0.05, 0) is 49.4 Å². The Labute approximate surface area is 161 Å². The summed E-state index contributed by atoms with van der Waals surface area (Å²) in [5, 5.41) is 11.8. The SMILES string of the molecule is COc1ccc(C(NC(=O)c2ccc(OC3CCCC3)nc2)C(=O)O)cc1F. The number of pyridine rings is 1. The molecule has 2 N–H and O–H groups in total. The van der Waals surface area contributed by atoms with Crippen LogP contribution in [0.4, 0.5) is 4.39 Å². The molecule has 1 heterocycles. The van der Waals surface area contributed by atoms with Crippen LogP contribution in [0.1, 0.15) is 47.6 Å². The Hall–Kier alpha value is -3.16. The fourth-order valence-corrected chi connectivity index (χ4v) is 3.13. The van der Waals surface area contributed by atoms with Crippen LogP contribution in [-0.2, 0) is 4.79 Å². The van der Waals surface area contributed by atoms with Crippen LogP contribution in [0.15, 0.2) is 36.5 Å². The Kier molecular flexibility index (Phi) is 6.08. The normalized spacial score (nSPS) is 15.1. The van der Waals surface area contributed by atoms with E-state index in [0.717, 1.165) is 31.7 Å². The van der Waals surface area contributed by atoms with Crippen molar-refractivity contribution in [1.82, 2.24) is 10.3 Å². The third-order valence-electron chi connectivity index (χ3n) is 4.62. The van der Waals surface area contributed by atoms with Crippen molar-refractivity contribution in [1.29, 1.82) is 0 Å². The van der Waals surface area contributed by atoms with E-state index in [1.54, 1.807) is 6.07 Å². The molecule has 1 atom stereocenters. The summed E-state index contributed by atoms with van der Waals surface area (Å²) >= 11 is 0. The molecular weight excluding hydrogens is 367 g/mol. The van der Waals surface area contributed by atoms with Crippen molar-refractivity contribution in [3.05, 3.63) is 53.5 Å². The Bertz CT molecular complexity index is 850. The number of nitrogens with zero attached hydrogens (tertiary/aromatic N) is 1. The fraction of sp³-hybridized carbons (Fsp3) is 0.350. The number of methoxy groups -OCH3 is 1. The number of nitrogens with one attached hydrogen (secondary N) is 1. The number of hydrogen-bond donors (Lipinski definition) is 2. The van der Waals surface area contributed by atoms with Crippen LogP contribution < -0.4 is 14.8 Å². The lowest BCUT2D eigenvalue weighted by Gasteiger charge is -2.16. The molecule has 148 valence electrons. The minimum absolute atomic E-state index is 0.0127. The number of ether oxygens (including phenoxy) is 2.